The Bertz CT molecular complexity index is 184. The monoisotopic (exact) mass is 222 g/mol. The molecule has 5 N–H and O–H groups in total. The maximum Gasteiger partial charge on any atom is 0.247 e. The van der Waals surface area contributed by atoms with Crippen LogP contribution in [0.1, 0.15) is 32.1 Å². The van der Waals surface area contributed by atoms with Gasteiger partial charge in [0.25, 0.3) is 0 Å². The lowest BCUT2D eigenvalue weighted by Gasteiger charge is -2.19. The standard InChI is InChI=1S/C9H18N2O2.ClH/c10-7(8(12)9(11)13)5-6-3-1-2-4-6;/h6-8,12H,1-5,10H2,(H2,11,13);1H. The van der Waals surface area contributed by atoms with Gasteiger partial charge in [-0.05, 0) is 12.3 Å². The van der Waals surface area contributed by atoms with E-state index < -0.39 is 18.1 Å². The number of rotatable bonds is 4. The van der Waals surface area contributed by atoms with Crippen LogP contribution < -0.4 is 11.5 Å². The first-order chi connectivity index (χ1) is 6.11. The molecular formula is C9H19ClN2O2. The zero-order chi connectivity index (χ0) is 9.84. The first-order valence-corrected chi connectivity index (χ1v) is 4.84. The van der Waals surface area contributed by atoms with Crippen molar-refractivity contribution in [2.24, 2.45) is 17.4 Å². The largest absolute Gasteiger partial charge is 0.382 e. The van der Waals surface area contributed by atoms with Crippen LogP contribution in [0.3, 0.4) is 0 Å². The molecule has 5 heteroatoms. The number of aliphatic hydroxyl groups excluding tert-OH is 1. The summed E-state index contributed by atoms with van der Waals surface area (Å²) in [7, 11) is 0. The van der Waals surface area contributed by atoms with Gasteiger partial charge in [0.2, 0.25) is 5.91 Å². The van der Waals surface area contributed by atoms with Crippen LogP contribution in [0, 0.1) is 5.92 Å². The van der Waals surface area contributed by atoms with E-state index in [1.807, 2.05) is 0 Å². The van der Waals surface area contributed by atoms with Gasteiger partial charge < -0.3 is 16.6 Å². The van der Waals surface area contributed by atoms with Gasteiger partial charge in [0.1, 0.15) is 6.10 Å². The van der Waals surface area contributed by atoms with Crippen molar-refractivity contribution >= 4 is 18.3 Å². The van der Waals surface area contributed by atoms with E-state index in [4.69, 9.17) is 11.5 Å². The van der Waals surface area contributed by atoms with Crippen LogP contribution in [0.4, 0.5) is 0 Å². The summed E-state index contributed by atoms with van der Waals surface area (Å²) in [6.07, 6.45) is 4.34. The molecule has 0 saturated heterocycles. The fourth-order valence-electron chi connectivity index (χ4n) is 1.97. The molecule has 0 spiro atoms. The van der Waals surface area contributed by atoms with Gasteiger partial charge >= 0.3 is 0 Å². The van der Waals surface area contributed by atoms with Crippen molar-refractivity contribution < 1.29 is 9.90 Å². The number of aliphatic hydroxyl groups is 1. The Kier molecular flexibility index (Phi) is 6.08. The number of carbonyl (C=O) groups is 1. The highest BCUT2D eigenvalue weighted by atomic mass is 35.5. The van der Waals surface area contributed by atoms with Gasteiger partial charge in [-0.3, -0.25) is 4.79 Å². The van der Waals surface area contributed by atoms with Crippen molar-refractivity contribution in [2.75, 3.05) is 0 Å². The molecule has 1 aliphatic rings. The number of halogens is 1. The molecule has 2 unspecified atom stereocenters. The maximum absolute atomic E-state index is 10.6. The smallest absolute Gasteiger partial charge is 0.247 e. The van der Waals surface area contributed by atoms with Crippen molar-refractivity contribution in [3.8, 4) is 0 Å². The molecule has 0 aliphatic heterocycles. The Morgan fingerprint density at radius 1 is 1.43 bits per heavy atom. The summed E-state index contributed by atoms with van der Waals surface area (Å²) >= 11 is 0. The Morgan fingerprint density at radius 2 is 1.93 bits per heavy atom. The average molecular weight is 223 g/mol. The molecule has 2 atom stereocenters. The number of hydrogen-bond acceptors (Lipinski definition) is 3. The Morgan fingerprint density at radius 3 is 2.36 bits per heavy atom. The molecule has 4 nitrogen and oxygen atoms in total. The molecule has 1 saturated carbocycles. The summed E-state index contributed by atoms with van der Waals surface area (Å²) in [5.74, 6) is -0.144. The molecule has 0 aromatic carbocycles. The molecule has 0 bridgehead atoms. The molecule has 0 aromatic rings. The lowest BCUT2D eigenvalue weighted by atomic mass is 9.95. The number of carbonyl (C=O) groups excluding carboxylic acids is 1. The van der Waals surface area contributed by atoms with Crippen molar-refractivity contribution in [1.82, 2.24) is 0 Å². The van der Waals surface area contributed by atoms with Crippen LogP contribution in [0.2, 0.25) is 0 Å². The van der Waals surface area contributed by atoms with Crippen LogP contribution in [0.5, 0.6) is 0 Å². The lowest BCUT2D eigenvalue weighted by molar-refractivity contribution is -0.127. The summed E-state index contributed by atoms with van der Waals surface area (Å²) in [6.45, 7) is 0. The van der Waals surface area contributed by atoms with E-state index in [0.29, 0.717) is 12.3 Å². The van der Waals surface area contributed by atoms with E-state index in [1.165, 1.54) is 25.7 Å². The molecule has 14 heavy (non-hydrogen) atoms. The van der Waals surface area contributed by atoms with E-state index in [0.717, 1.165) is 0 Å². The number of nitrogens with two attached hydrogens (primary N) is 2. The average Bonchev–Trinajstić information content (AvgIpc) is 2.55. The maximum atomic E-state index is 10.6. The molecule has 84 valence electrons. The van der Waals surface area contributed by atoms with Gasteiger partial charge in [0.15, 0.2) is 0 Å². The second kappa shape index (κ2) is 6.22. The third kappa shape index (κ3) is 3.82. The second-order valence-electron chi connectivity index (χ2n) is 3.90. The zero-order valence-corrected chi connectivity index (χ0v) is 9.00. The van der Waals surface area contributed by atoms with Crippen LogP contribution in [-0.2, 0) is 4.79 Å². The van der Waals surface area contributed by atoms with Gasteiger partial charge in [0.05, 0.1) is 0 Å². The van der Waals surface area contributed by atoms with Gasteiger partial charge in [-0.15, -0.1) is 12.4 Å². The van der Waals surface area contributed by atoms with Crippen molar-refractivity contribution in [3.63, 3.8) is 0 Å². The highest BCUT2D eigenvalue weighted by Gasteiger charge is 2.25. The molecule has 0 radical (unpaired) electrons. The van der Waals surface area contributed by atoms with E-state index >= 15 is 0 Å². The summed E-state index contributed by atoms with van der Waals surface area (Å²) in [5, 5.41) is 9.26. The fourth-order valence-corrected chi connectivity index (χ4v) is 1.97. The Labute approximate surface area is 90.4 Å². The number of primary amides is 1. The summed E-state index contributed by atoms with van der Waals surface area (Å²) in [5.41, 5.74) is 10.6. The van der Waals surface area contributed by atoms with Crippen LogP contribution >= 0.6 is 12.4 Å². The first kappa shape index (κ1) is 13.7. The van der Waals surface area contributed by atoms with E-state index in [2.05, 4.69) is 0 Å². The highest BCUT2D eigenvalue weighted by molar-refractivity contribution is 5.85. The topological polar surface area (TPSA) is 89.3 Å². The van der Waals surface area contributed by atoms with Crippen LogP contribution in [0.25, 0.3) is 0 Å². The van der Waals surface area contributed by atoms with E-state index in [-0.39, 0.29) is 12.4 Å². The SMILES string of the molecule is Cl.NC(=O)C(O)C(N)CC1CCCC1. The molecule has 1 aliphatic carbocycles. The normalized spacial score (nSPS) is 21.3. The second-order valence-corrected chi connectivity index (χ2v) is 3.90. The predicted octanol–water partition coefficient (Wildman–Crippen LogP) is 0.162. The molecule has 0 heterocycles. The highest BCUT2D eigenvalue weighted by Crippen LogP contribution is 2.28. The molecule has 1 rings (SSSR count). The Hall–Kier alpha value is -0.320. The zero-order valence-electron chi connectivity index (χ0n) is 8.19. The predicted molar refractivity (Wildman–Crippen MR) is 57.0 cm³/mol. The fraction of sp³-hybridized carbons (Fsp3) is 0.889. The minimum Gasteiger partial charge on any atom is -0.382 e. The lowest BCUT2D eigenvalue weighted by Crippen LogP contribution is -2.44. The molecule has 1 fully saturated rings. The quantitative estimate of drug-likeness (QED) is 0.633. The van der Waals surface area contributed by atoms with Gasteiger partial charge in [-0.2, -0.15) is 0 Å². The van der Waals surface area contributed by atoms with Crippen LogP contribution in [-0.4, -0.2) is 23.2 Å². The minimum atomic E-state index is -1.18. The van der Waals surface area contributed by atoms with E-state index in [9.17, 15) is 9.90 Å². The summed E-state index contributed by atoms with van der Waals surface area (Å²) in [4.78, 5) is 10.6. The third-order valence-electron chi connectivity index (χ3n) is 2.78. The van der Waals surface area contributed by atoms with Gasteiger partial charge in [-0.1, -0.05) is 25.7 Å². The number of hydrogen-bond donors (Lipinski definition) is 3. The summed E-state index contributed by atoms with van der Waals surface area (Å²) in [6, 6.07) is -0.486. The minimum absolute atomic E-state index is 0. The Balaban J connectivity index is 0.00000169. The van der Waals surface area contributed by atoms with Crippen molar-refractivity contribution in [2.45, 2.75) is 44.2 Å². The van der Waals surface area contributed by atoms with E-state index in [1.54, 1.807) is 0 Å². The van der Waals surface area contributed by atoms with Gasteiger partial charge in [0, 0.05) is 6.04 Å². The van der Waals surface area contributed by atoms with Crippen molar-refractivity contribution in [3.05, 3.63) is 0 Å². The number of amides is 1. The van der Waals surface area contributed by atoms with Crippen LogP contribution in [0.15, 0.2) is 0 Å². The molecule has 1 amide bonds. The van der Waals surface area contributed by atoms with Gasteiger partial charge in [-0.25, -0.2) is 0 Å². The first-order valence-electron chi connectivity index (χ1n) is 4.84. The summed E-state index contributed by atoms with van der Waals surface area (Å²) < 4.78 is 0. The van der Waals surface area contributed by atoms with Crippen molar-refractivity contribution in [1.29, 1.82) is 0 Å². The molecule has 0 aromatic heterocycles. The molecular weight excluding hydrogens is 204 g/mol. The third-order valence-corrected chi connectivity index (χ3v) is 2.78.